The monoisotopic (exact) mass is 317 g/mol. The molecule has 1 aliphatic rings. The molecular formula is C16H16ClN3O2. The van der Waals surface area contributed by atoms with E-state index in [1.165, 1.54) is 12.4 Å². The molecule has 0 spiro atoms. The lowest BCUT2D eigenvalue weighted by Gasteiger charge is -2.33. The standard InChI is InChI=1S/C16H16ClN3O2/c17-14-4-2-1-3-12(14)9-13-11-20(7-8-22-13)16(21)15-10-18-5-6-19-15/h1-6,10,13H,7-9,11H2/t13-/m1/s1. The van der Waals surface area contributed by atoms with Crippen molar-refractivity contribution in [3.05, 3.63) is 59.1 Å². The maximum atomic E-state index is 12.4. The molecule has 6 heteroatoms. The highest BCUT2D eigenvalue weighted by Crippen LogP contribution is 2.19. The topological polar surface area (TPSA) is 55.3 Å². The number of nitrogens with zero attached hydrogens (tertiary/aromatic N) is 3. The van der Waals surface area contributed by atoms with Crippen LogP contribution in [0.3, 0.4) is 0 Å². The van der Waals surface area contributed by atoms with Crippen LogP contribution in [0.4, 0.5) is 0 Å². The number of rotatable bonds is 3. The highest BCUT2D eigenvalue weighted by Gasteiger charge is 2.26. The fourth-order valence-electron chi connectivity index (χ4n) is 2.51. The summed E-state index contributed by atoms with van der Waals surface area (Å²) in [6, 6.07) is 7.70. The van der Waals surface area contributed by atoms with Crippen LogP contribution in [-0.4, -0.2) is 46.6 Å². The fraction of sp³-hybridized carbons (Fsp3) is 0.312. The van der Waals surface area contributed by atoms with E-state index in [1.54, 1.807) is 11.1 Å². The third-order valence-corrected chi connectivity index (χ3v) is 3.98. The average Bonchev–Trinajstić information content (AvgIpc) is 2.57. The molecule has 1 aliphatic heterocycles. The highest BCUT2D eigenvalue weighted by atomic mass is 35.5. The van der Waals surface area contributed by atoms with E-state index >= 15 is 0 Å². The molecule has 22 heavy (non-hydrogen) atoms. The van der Waals surface area contributed by atoms with Gasteiger partial charge in [-0.2, -0.15) is 0 Å². The molecule has 0 saturated carbocycles. The Morgan fingerprint density at radius 2 is 2.23 bits per heavy atom. The zero-order valence-electron chi connectivity index (χ0n) is 12.0. The van der Waals surface area contributed by atoms with Crippen molar-refractivity contribution in [2.45, 2.75) is 12.5 Å². The first-order valence-electron chi connectivity index (χ1n) is 7.14. The van der Waals surface area contributed by atoms with Gasteiger partial charge in [0.05, 0.1) is 18.9 Å². The van der Waals surface area contributed by atoms with Gasteiger partial charge in [0, 0.05) is 36.9 Å². The number of aromatic nitrogens is 2. The molecule has 3 rings (SSSR count). The maximum absolute atomic E-state index is 12.4. The van der Waals surface area contributed by atoms with Gasteiger partial charge in [0.25, 0.3) is 5.91 Å². The third-order valence-electron chi connectivity index (χ3n) is 3.61. The summed E-state index contributed by atoms with van der Waals surface area (Å²) in [7, 11) is 0. The third kappa shape index (κ3) is 3.43. The van der Waals surface area contributed by atoms with E-state index in [4.69, 9.17) is 16.3 Å². The SMILES string of the molecule is O=C(c1cnccn1)N1CCO[C@H](Cc2ccccc2Cl)C1. The van der Waals surface area contributed by atoms with Crippen molar-refractivity contribution in [2.75, 3.05) is 19.7 Å². The Morgan fingerprint density at radius 3 is 3.00 bits per heavy atom. The van der Waals surface area contributed by atoms with E-state index in [1.807, 2.05) is 24.3 Å². The van der Waals surface area contributed by atoms with Crippen LogP contribution in [-0.2, 0) is 11.2 Å². The van der Waals surface area contributed by atoms with Gasteiger partial charge in [-0.15, -0.1) is 0 Å². The summed E-state index contributed by atoms with van der Waals surface area (Å²) in [4.78, 5) is 22.2. The Balaban J connectivity index is 1.67. The lowest BCUT2D eigenvalue weighted by atomic mass is 10.1. The minimum Gasteiger partial charge on any atom is -0.374 e. The molecule has 114 valence electrons. The summed E-state index contributed by atoms with van der Waals surface area (Å²) in [6.07, 6.45) is 5.19. The van der Waals surface area contributed by atoms with Gasteiger partial charge in [0.15, 0.2) is 0 Å². The smallest absolute Gasteiger partial charge is 0.274 e. The van der Waals surface area contributed by atoms with Gasteiger partial charge < -0.3 is 9.64 Å². The Labute approximate surface area is 133 Å². The molecular weight excluding hydrogens is 302 g/mol. The number of morpholine rings is 1. The van der Waals surface area contributed by atoms with Crippen LogP contribution in [0.5, 0.6) is 0 Å². The Hall–Kier alpha value is -1.98. The number of amides is 1. The summed E-state index contributed by atoms with van der Waals surface area (Å²) >= 11 is 6.18. The Morgan fingerprint density at radius 1 is 1.36 bits per heavy atom. The molecule has 0 N–H and O–H groups in total. The summed E-state index contributed by atoms with van der Waals surface area (Å²) < 4.78 is 5.76. The van der Waals surface area contributed by atoms with Crippen LogP contribution in [0.15, 0.2) is 42.9 Å². The Bertz CT molecular complexity index is 651. The van der Waals surface area contributed by atoms with Gasteiger partial charge in [0.2, 0.25) is 0 Å². The minimum atomic E-state index is -0.111. The normalized spacial score (nSPS) is 18.2. The first-order chi connectivity index (χ1) is 10.7. The van der Waals surface area contributed by atoms with Gasteiger partial charge in [-0.05, 0) is 11.6 Å². The molecule has 1 saturated heterocycles. The van der Waals surface area contributed by atoms with Gasteiger partial charge in [-0.3, -0.25) is 9.78 Å². The van der Waals surface area contributed by atoms with E-state index in [0.717, 1.165) is 10.6 Å². The summed E-state index contributed by atoms with van der Waals surface area (Å²) in [5, 5.41) is 0.725. The Kier molecular flexibility index (Phi) is 4.65. The highest BCUT2D eigenvalue weighted by molar-refractivity contribution is 6.31. The molecule has 0 unspecified atom stereocenters. The van der Waals surface area contributed by atoms with Gasteiger partial charge >= 0.3 is 0 Å². The van der Waals surface area contributed by atoms with Crippen molar-refractivity contribution in [3.63, 3.8) is 0 Å². The van der Waals surface area contributed by atoms with Crippen LogP contribution in [0.25, 0.3) is 0 Å². The predicted molar refractivity (Wildman–Crippen MR) is 82.8 cm³/mol. The number of halogens is 1. The minimum absolute atomic E-state index is 0.0609. The predicted octanol–water partition coefficient (Wildman–Crippen LogP) is 2.21. The number of hydrogen-bond acceptors (Lipinski definition) is 4. The number of ether oxygens (including phenoxy) is 1. The molecule has 2 aromatic rings. The van der Waals surface area contributed by atoms with Crippen molar-refractivity contribution in [2.24, 2.45) is 0 Å². The maximum Gasteiger partial charge on any atom is 0.274 e. The molecule has 1 aromatic carbocycles. The molecule has 1 aromatic heterocycles. The van der Waals surface area contributed by atoms with E-state index < -0.39 is 0 Å². The summed E-state index contributed by atoms with van der Waals surface area (Å²) in [6.45, 7) is 1.61. The number of carbonyl (C=O) groups excluding carboxylic acids is 1. The molecule has 0 bridgehead atoms. The molecule has 1 amide bonds. The van der Waals surface area contributed by atoms with Crippen LogP contribution < -0.4 is 0 Å². The summed E-state index contributed by atoms with van der Waals surface area (Å²) in [5.41, 5.74) is 1.39. The van der Waals surface area contributed by atoms with Crippen LogP contribution in [0.2, 0.25) is 5.02 Å². The zero-order chi connectivity index (χ0) is 15.4. The zero-order valence-corrected chi connectivity index (χ0v) is 12.7. The number of carbonyl (C=O) groups is 1. The van der Waals surface area contributed by atoms with Crippen molar-refractivity contribution >= 4 is 17.5 Å². The second kappa shape index (κ2) is 6.85. The summed E-state index contributed by atoms with van der Waals surface area (Å²) in [5.74, 6) is -0.111. The van der Waals surface area contributed by atoms with Crippen LogP contribution in [0, 0.1) is 0 Å². The van der Waals surface area contributed by atoms with Gasteiger partial charge in [-0.25, -0.2) is 4.98 Å². The van der Waals surface area contributed by atoms with E-state index in [0.29, 0.717) is 31.8 Å². The molecule has 1 fully saturated rings. The number of benzene rings is 1. The molecule has 5 nitrogen and oxygen atoms in total. The van der Waals surface area contributed by atoms with Gasteiger partial charge in [-0.1, -0.05) is 29.8 Å². The van der Waals surface area contributed by atoms with E-state index in [2.05, 4.69) is 9.97 Å². The molecule has 1 atom stereocenters. The number of hydrogen-bond donors (Lipinski definition) is 0. The quantitative estimate of drug-likeness (QED) is 0.871. The van der Waals surface area contributed by atoms with E-state index in [-0.39, 0.29) is 12.0 Å². The van der Waals surface area contributed by atoms with Crippen molar-refractivity contribution in [3.8, 4) is 0 Å². The fourth-order valence-corrected chi connectivity index (χ4v) is 2.72. The van der Waals surface area contributed by atoms with E-state index in [9.17, 15) is 4.79 Å². The second-order valence-electron chi connectivity index (χ2n) is 5.13. The second-order valence-corrected chi connectivity index (χ2v) is 5.54. The first kappa shape index (κ1) is 14.9. The van der Waals surface area contributed by atoms with Crippen molar-refractivity contribution < 1.29 is 9.53 Å². The molecule has 2 heterocycles. The van der Waals surface area contributed by atoms with Crippen molar-refractivity contribution in [1.29, 1.82) is 0 Å². The van der Waals surface area contributed by atoms with Crippen LogP contribution >= 0.6 is 11.6 Å². The average molecular weight is 318 g/mol. The molecule has 0 radical (unpaired) electrons. The lowest BCUT2D eigenvalue weighted by Crippen LogP contribution is -2.46. The largest absolute Gasteiger partial charge is 0.374 e. The van der Waals surface area contributed by atoms with Crippen molar-refractivity contribution in [1.82, 2.24) is 14.9 Å². The van der Waals surface area contributed by atoms with Crippen LogP contribution in [0.1, 0.15) is 16.1 Å². The van der Waals surface area contributed by atoms with Gasteiger partial charge in [0.1, 0.15) is 5.69 Å². The first-order valence-corrected chi connectivity index (χ1v) is 7.52. The molecule has 0 aliphatic carbocycles. The lowest BCUT2D eigenvalue weighted by molar-refractivity contribution is -0.0210.